The fraction of sp³-hybridized carbons (Fsp3) is 0.471. The highest BCUT2D eigenvalue weighted by atomic mass is 16.2. The van der Waals surface area contributed by atoms with E-state index in [0.717, 1.165) is 19.6 Å². The van der Waals surface area contributed by atoms with Crippen molar-refractivity contribution in [1.82, 2.24) is 19.4 Å². The van der Waals surface area contributed by atoms with Crippen LogP contribution in [0.1, 0.15) is 12.8 Å². The summed E-state index contributed by atoms with van der Waals surface area (Å²) in [6.45, 7) is 3.38. The monoisotopic (exact) mass is 330 g/mol. The summed E-state index contributed by atoms with van der Waals surface area (Å²) in [6, 6.07) is 7.09. The molecule has 24 heavy (non-hydrogen) atoms. The highest BCUT2D eigenvalue weighted by molar-refractivity contribution is 5.80. The highest BCUT2D eigenvalue weighted by Crippen LogP contribution is 2.09. The number of nitrogens with zero attached hydrogens (tertiary/aromatic N) is 3. The Hall–Kier alpha value is -2.41. The summed E-state index contributed by atoms with van der Waals surface area (Å²) in [5, 5.41) is 2.83. The van der Waals surface area contributed by atoms with Gasteiger partial charge in [0.25, 0.3) is 0 Å². The molecule has 7 heteroatoms. The number of para-hydroxylation sites is 2. The average molecular weight is 330 g/mol. The third-order valence-electron chi connectivity index (χ3n) is 4.52. The van der Waals surface area contributed by atoms with Gasteiger partial charge in [0.15, 0.2) is 0 Å². The maximum Gasteiger partial charge on any atom is 0.317 e. The van der Waals surface area contributed by atoms with E-state index in [-0.39, 0.29) is 12.5 Å². The van der Waals surface area contributed by atoms with Crippen LogP contribution in [-0.4, -0.2) is 46.1 Å². The lowest BCUT2D eigenvalue weighted by molar-refractivity contribution is -0.121. The van der Waals surface area contributed by atoms with E-state index in [9.17, 15) is 14.4 Å². The molecular formula is C17H22N4O3. The average Bonchev–Trinajstić information content (AvgIpc) is 3.10. The summed E-state index contributed by atoms with van der Waals surface area (Å²) in [6.07, 6.45) is 2.42. The van der Waals surface area contributed by atoms with E-state index in [4.69, 9.17) is 0 Å². The third kappa shape index (κ3) is 3.26. The van der Waals surface area contributed by atoms with Crippen LogP contribution in [0.2, 0.25) is 0 Å². The van der Waals surface area contributed by atoms with Crippen LogP contribution < -0.4 is 16.4 Å². The quantitative estimate of drug-likeness (QED) is 0.778. The van der Waals surface area contributed by atoms with E-state index in [0.29, 0.717) is 17.6 Å². The fourth-order valence-electron chi connectivity index (χ4n) is 3.17. The smallest absolute Gasteiger partial charge is 0.317 e. The lowest BCUT2D eigenvalue weighted by Crippen LogP contribution is -2.43. The Morgan fingerprint density at radius 1 is 1.08 bits per heavy atom. The molecule has 1 N–H and O–H groups in total. The van der Waals surface area contributed by atoms with Crippen molar-refractivity contribution in [3.63, 3.8) is 0 Å². The molecule has 3 rings (SSSR count). The second kappa shape index (κ2) is 7.00. The molecule has 1 saturated heterocycles. The Morgan fingerprint density at radius 2 is 1.75 bits per heavy atom. The van der Waals surface area contributed by atoms with Crippen molar-refractivity contribution in [2.45, 2.75) is 19.4 Å². The van der Waals surface area contributed by atoms with E-state index in [2.05, 4.69) is 10.2 Å². The standard InChI is InChI=1S/C17H22N4O3/c1-19-13-6-2-3-7-14(13)21(17(24)16(19)23)12-15(22)18-8-11-20-9-4-5-10-20/h2-3,6-7H,4-5,8-12H2,1H3,(H,18,22). The Kier molecular flexibility index (Phi) is 4.80. The zero-order valence-electron chi connectivity index (χ0n) is 13.8. The third-order valence-corrected chi connectivity index (χ3v) is 4.52. The summed E-state index contributed by atoms with van der Waals surface area (Å²) in [5.41, 5.74) is -0.0873. The van der Waals surface area contributed by atoms with Crippen LogP contribution in [0.5, 0.6) is 0 Å². The van der Waals surface area contributed by atoms with Crippen molar-refractivity contribution in [1.29, 1.82) is 0 Å². The number of hydrogen-bond donors (Lipinski definition) is 1. The van der Waals surface area contributed by atoms with Gasteiger partial charge in [-0.05, 0) is 38.1 Å². The number of amides is 1. The summed E-state index contributed by atoms with van der Waals surface area (Å²) >= 11 is 0. The maximum atomic E-state index is 12.3. The van der Waals surface area contributed by atoms with Crippen molar-refractivity contribution >= 4 is 16.9 Å². The van der Waals surface area contributed by atoms with Crippen molar-refractivity contribution in [2.24, 2.45) is 7.05 Å². The van der Waals surface area contributed by atoms with Gasteiger partial charge >= 0.3 is 11.1 Å². The number of likely N-dealkylation sites (tertiary alicyclic amines) is 1. The minimum absolute atomic E-state index is 0.143. The molecule has 7 nitrogen and oxygen atoms in total. The van der Waals surface area contributed by atoms with Crippen LogP contribution in [-0.2, 0) is 18.4 Å². The van der Waals surface area contributed by atoms with Gasteiger partial charge in [0.05, 0.1) is 11.0 Å². The first kappa shape index (κ1) is 16.4. The number of fused-ring (bicyclic) bond motifs is 1. The van der Waals surface area contributed by atoms with Crippen molar-refractivity contribution < 1.29 is 4.79 Å². The van der Waals surface area contributed by atoms with Gasteiger partial charge in [0.1, 0.15) is 6.54 Å². The molecule has 2 heterocycles. The molecule has 0 saturated carbocycles. The zero-order valence-corrected chi connectivity index (χ0v) is 13.8. The molecule has 0 aliphatic carbocycles. The van der Waals surface area contributed by atoms with Crippen LogP contribution in [0.3, 0.4) is 0 Å². The summed E-state index contributed by atoms with van der Waals surface area (Å²) in [5.74, 6) is -0.255. The van der Waals surface area contributed by atoms with Gasteiger partial charge in [0, 0.05) is 20.1 Å². The molecule has 0 unspecified atom stereocenters. The number of benzene rings is 1. The number of rotatable bonds is 5. The zero-order chi connectivity index (χ0) is 17.1. The fourth-order valence-corrected chi connectivity index (χ4v) is 3.17. The molecule has 1 aromatic carbocycles. The molecule has 128 valence electrons. The molecule has 0 bridgehead atoms. The molecule has 1 fully saturated rings. The van der Waals surface area contributed by atoms with Gasteiger partial charge in [-0.25, -0.2) is 0 Å². The molecule has 1 aliphatic heterocycles. The van der Waals surface area contributed by atoms with Crippen LogP contribution in [0.25, 0.3) is 11.0 Å². The van der Waals surface area contributed by atoms with Crippen LogP contribution in [0, 0.1) is 0 Å². The summed E-state index contributed by atoms with van der Waals surface area (Å²) in [7, 11) is 1.56. The summed E-state index contributed by atoms with van der Waals surface area (Å²) in [4.78, 5) is 38.8. The van der Waals surface area contributed by atoms with Crippen molar-refractivity contribution in [3.8, 4) is 0 Å². The maximum absolute atomic E-state index is 12.3. The molecule has 0 atom stereocenters. The highest BCUT2D eigenvalue weighted by Gasteiger charge is 2.14. The van der Waals surface area contributed by atoms with Gasteiger partial charge in [0.2, 0.25) is 5.91 Å². The van der Waals surface area contributed by atoms with E-state index in [1.807, 2.05) is 0 Å². The van der Waals surface area contributed by atoms with Crippen molar-refractivity contribution in [3.05, 3.63) is 45.0 Å². The van der Waals surface area contributed by atoms with E-state index < -0.39 is 11.1 Å². The molecule has 0 spiro atoms. The predicted octanol–water partition coefficient (Wildman–Crippen LogP) is -0.0878. The molecule has 1 aromatic heterocycles. The molecule has 2 aromatic rings. The minimum Gasteiger partial charge on any atom is -0.353 e. The van der Waals surface area contributed by atoms with Crippen LogP contribution in [0.4, 0.5) is 0 Å². The number of aryl methyl sites for hydroxylation is 1. The number of carbonyl (C=O) groups is 1. The normalized spacial score (nSPS) is 15.0. The Morgan fingerprint density at radius 3 is 2.46 bits per heavy atom. The van der Waals surface area contributed by atoms with Crippen LogP contribution in [0.15, 0.2) is 33.9 Å². The van der Waals surface area contributed by atoms with Gasteiger partial charge in [-0.15, -0.1) is 0 Å². The van der Waals surface area contributed by atoms with Gasteiger partial charge in [-0.3, -0.25) is 19.0 Å². The molecule has 0 radical (unpaired) electrons. The lowest BCUT2D eigenvalue weighted by Gasteiger charge is -2.15. The Labute approximate surface area is 139 Å². The van der Waals surface area contributed by atoms with Gasteiger partial charge in [-0.1, -0.05) is 12.1 Å². The summed E-state index contributed by atoms with van der Waals surface area (Å²) < 4.78 is 2.57. The minimum atomic E-state index is -0.675. The first-order chi connectivity index (χ1) is 11.6. The van der Waals surface area contributed by atoms with E-state index in [1.165, 1.54) is 22.0 Å². The van der Waals surface area contributed by atoms with Gasteiger partial charge < -0.3 is 14.8 Å². The largest absolute Gasteiger partial charge is 0.353 e. The van der Waals surface area contributed by atoms with Crippen LogP contribution >= 0.6 is 0 Å². The molecular weight excluding hydrogens is 308 g/mol. The molecule has 1 aliphatic rings. The number of hydrogen-bond acceptors (Lipinski definition) is 4. The number of carbonyl (C=O) groups excluding carboxylic acids is 1. The van der Waals surface area contributed by atoms with Gasteiger partial charge in [-0.2, -0.15) is 0 Å². The van der Waals surface area contributed by atoms with Crippen molar-refractivity contribution in [2.75, 3.05) is 26.2 Å². The Bertz CT molecular complexity index is 862. The second-order valence-electron chi connectivity index (χ2n) is 6.14. The Balaban J connectivity index is 1.75. The first-order valence-electron chi connectivity index (χ1n) is 8.25. The second-order valence-corrected chi connectivity index (χ2v) is 6.14. The number of nitrogens with one attached hydrogen (secondary N) is 1. The predicted molar refractivity (Wildman–Crippen MR) is 92.1 cm³/mol. The molecule has 1 amide bonds. The van der Waals surface area contributed by atoms with E-state index in [1.54, 1.807) is 31.3 Å². The number of aromatic nitrogens is 2. The topological polar surface area (TPSA) is 76.3 Å². The lowest BCUT2D eigenvalue weighted by atomic mass is 10.3. The van der Waals surface area contributed by atoms with E-state index >= 15 is 0 Å². The first-order valence-corrected chi connectivity index (χ1v) is 8.25. The SMILES string of the molecule is Cn1c(=O)c(=O)n(CC(=O)NCCN2CCCC2)c2ccccc21.